The van der Waals surface area contributed by atoms with Crippen LogP contribution in [-0.2, 0) is 10.0 Å². The summed E-state index contributed by atoms with van der Waals surface area (Å²) in [5.41, 5.74) is 1.58. The van der Waals surface area contributed by atoms with Crippen molar-refractivity contribution < 1.29 is 13.2 Å². The van der Waals surface area contributed by atoms with Gasteiger partial charge in [-0.2, -0.15) is 5.10 Å². The van der Waals surface area contributed by atoms with Gasteiger partial charge < -0.3 is 0 Å². The largest absolute Gasteiger partial charge is 0.294 e. The molecule has 116 valence electrons. The van der Waals surface area contributed by atoms with Crippen molar-refractivity contribution in [3.63, 3.8) is 0 Å². The third-order valence-corrected chi connectivity index (χ3v) is 5.99. The van der Waals surface area contributed by atoms with Crippen LogP contribution in [0.25, 0.3) is 0 Å². The molecule has 1 N–H and O–H groups in total. The van der Waals surface area contributed by atoms with Crippen LogP contribution >= 0.6 is 11.6 Å². The molecule has 0 saturated carbocycles. The fourth-order valence-corrected chi connectivity index (χ4v) is 4.68. The van der Waals surface area contributed by atoms with Crippen molar-refractivity contribution in [3.8, 4) is 0 Å². The molecule has 8 heteroatoms. The Hall–Kier alpha value is -1.86. The second kappa shape index (κ2) is 5.10. The van der Waals surface area contributed by atoms with E-state index in [2.05, 4.69) is 10.2 Å². The summed E-state index contributed by atoms with van der Waals surface area (Å²) in [6.07, 6.45) is 0.127. The van der Waals surface area contributed by atoms with Gasteiger partial charge >= 0.3 is 0 Å². The Balaban J connectivity index is 2.18. The van der Waals surface area contributed by atoms with Gasteiger partial charge in [0, 0.05) is 23.6 Å². The second-order valence-electron chi connectivity index (χ2n) is 5.17. The van der Waals surface area contributed by atoms with E-state index in [9.17, 15) is 13.2 Å². The minimum Gasteiger partial charge on any atom is -0.294 e. The van der Waals surface area contributed by atoms with Crippen LogP contribution in [0.1, 0.15) is 28.2 Å². The number of aromatic nitrogens is 2. The average molecular weight is 340 g/mol. The fraction of sp³-hybridized carbons (Fsp3) is 0.286. The monoisotopic (exact) mass is 339 g/mol. The Labute approximate surface area is 133 Å². The molecule has 1 aromatic heterocycles. The molecule has 2 aromatic rings. The minimum atomic E-state index is -3.79. The number of nitrogens with one attached hydrogen (secondary N) is 1. The topological polar surface area (TPSA) is 83.1 Å². The average Bonchev–Trinajstić information content (AvgIpc) is 2.79. The van der Waals surface area contributed by atoms with E-state index in [1.807, 2.05) is 0 Å². The first-order valence-corrected chi connectivity index (χ1v) is 8.51. The Morgan fingerprint density at radius 3 is 2.68 bits per heavy atom. The summed E-state index contributed by atoms with van der Waals surface area (Å²) < 4.78 is 27.2. The van der Waals surface area contributed by atoms with Gasteiger partial charge in [0.2, 0.25) is 0 Å². The first-order chi connectivity index (χ1) is 10.3. The van der Waals surface area contributed by atoms with Crippen molar-refractivity contribution in [2.24, 2.45) is 0 Å². The van der Waals surface area contributed by atoms with Gasteiger partial charge in [0.05, 0.1) is 17.1 Å². The number of H-pyrrole nitrogens is 1. The fourth-order valence-electron chi connectivity index (χ4n) is 2.69. The molecular formula is C14H14ClN3O3S. The Morgan fingerprint density at radius 1 is 1.32 bits per heavy atom. The lowest BCUT2D eigenvalue weighted by molar-refractivity contribution is 0.0982. The van der Waals surface area contributed by atoms with Crippen LogP contribution in [0.3, 0.4) is 0 Å². The van der Waals surface area contributed by atoms with E-state index >= 15 is 0 Å². The van der Waals surface area contributed by atoms with Gasteiger partial charge in [-0.1, -0.05) is 11.6 Å². The number of hydrogen-bond donors (Lipinski definition) is 1. The highest BCUT2D eigenvalue weighted by atomic mass is 35.5. The molecule has 0 radical (unpaired) electrons. The quantitative estimate of drug-likeness (QED) is 0.911. The molecular weight excluding hydrogens is 326 g/mol. The zero-order valence-corrected chi connectivity index (χ0v) is 13.6. The van der Waals surface area contributed by atoms with Crippen LogP contribution < -0.4 is 4.31 Å². The molecule has 0 atom stereocenters. The number of aromatic amines is 1. The third kappa shape index (κ3) is 2.21. The SMILES string of the molecule is Cc1n[nH]c(C)c1S(=O)(=O)N1CCC(=O)c2cc(Cl)ccc21. The van der Waals surface area contributed by atoms with Gasteiger partial charge in [-0.05, 0) is 32.0 Å². The number of carbonyl (C=O) groups excluding carboxylic acids is 1. The summed E-state index contributed by atoms with van der Waals surface area (Å²) >= 11 is 5.92. The van der Waals surface area contributed by atoms with Gasteiger partial charge in [-0.3, -0.25) is 14.2 Å². The molecule has 0 fully saturated rings. The lowest BCUT2D eigenvalue weighted by Crippen LogP contribution is -2.37. The predicted octanol–water partition coefficient (Wildman–Crippen LogP) is 2.46. The van der Waals surface area contributed by atoms with Crippen molar-refractivity contribution in [1.82, 2.24) is 10.2 Å². The summed E-state index contributed by atoms with van der Waals surface area (Å²) in [6, 6.07) is 4.66. The van der Waals surface area contributed by atoms with Crippen LogP contribution in [-0.4, -0.2) is 30.9 Å². The number of aryl methyl sites for hydroxylation is 2. The Bertz CT molecular complexity index is 854. The van der Waals surface area contributed by atoms with Crippen molar-refractivity contribution >= 4 is 33.1 Å². The lowest BCUT2D eigenvalue weighted by Gasteiger charge is -2.29. The molecule has 0 spiro atoms. The summed E-state index contributed by atoms with van der Waals surface area (Å²) in [5, 5.41) is 7.03. The van der Waals surface area contributed by atoms with Crippen LogP contribution in [0.2, 0.25) is 5.02 Å². The zero-order chi connectivity index (χ0) is 16.1. The molecule has 1 aliphatic heterocycles. The maximum absolute atomic E-state index is 13.0. The Morgan fingerprint density at radius 2 is 2.05 bits per heavy atom. The number of rotatable bonds is 2. The third-order valence-electron chi connectivity index (χ3n) is 3.68. The molecule has 0 unspecified atom stereocenters. The number of nitrogens with zero attached hydrogens (tertiary/aromatic N) is 2. The van der Waals surface area contributed by atoms with Crippen LogP contribution in [0.15, 0.2) is 23.1 Å². The van der Waals surface area contributed by atoms with Crippen molar-refractivity contribution in [2.75, 3.05) is 10.8 Å². The maximum Gasteiger partial charge on any atom is 0.268 e. The standard InChI is InChI=1S/C14H14ClN3O3S/c1-8-14(9(2)17-16-8)22(20,21)18-6-5-13(19)11-7-10(15)3-4-12(11)18/h3-4,7H,5-6H2,1-2H3,(H,16,17). The summed E-state index contributed by atoms with van der Waals surface area (Å²) in [4.78, 5) is 12.2. The lowest BCUT2D eigenvalue weighted by atomic mass is 10.0. The number of benzene rings is 1. The van der Waals surface area contributed by atoms with E-state index in [0.717, 1.165) is 0 Å². The number of Topliss-reactive ketones (excluding diaryl/α,β-unsaturated/α-hetero) is 1. The second-order valence-corrected chi connectivity index (χ2v) is 7.41. The molecule has 0 bridgehead atoms. The van der Waals surface area contributed by atoms with Crippen molar-refractivity contribution in [2.45, 2.75) is 25.2 Å². The summed E-state index contributed by atoms with van der Waals surface area (Å²) in [5.74, 6) is -0.107. The predicted molar refractivity (Wildman–Crippen MR) is 83.0 cm³/mol. The number of halogens is 1. The van der Waals surface area contributed by atoms with Gasteiger partial charge in [0.25, 0.3) is 10.0 Å². The normalized spacial score (nSPS) is 15.0. The zero-order valence-electron chi connectivity index (χ0n) is 12.1. The summed E-state index contributed by atoms with van der Waals surface area (Å²) in [7, 11) is -3.79. The molecule has 1 aromatic carbocycles. The smallest absolute Gasteiger partial charge is 0.268 e. The number of anilines is 1. The van der Waals surface area contributed by atoms with Gasteiger partial charge in [-0.25, -0.2) is 8.42 Å². The van der Waals surface area contributed by atoms with E-state index in [1.165, 1.54) is 10.4 Å². The first kappa shape index (κ1) is 15.1. The molecule has 2 heterocycles. The molecule has 0 saturated heterocycles. The first-order valence-electron chi connectivity index (χ1n) is 6.69. The Kier molecular flexibility index (Phi) is 3.49. The highest BCUT2D eigenvalue weighted by molar-refractivity contribution is 7.93. The van der Waals surface area contributed by atoms with E-state index in [1.54, 1.807) is 26.0 Å². The van der Waals surface area contributed by atoms with E-state index in [-0.39, 0.29) is 23.6 Å². The minimum absolute atomic E-state index is 0.107. The molecule has 22 heavy (non-hydrogen) atoms. The number of ketones is 1. The van der Waals surface area contributed by atoms with Crippen LogP contribution in [0.4, 0.5) is 5.69 Å². The molecule has 0 aliphatic carbocycles. The van der Waals surface area contributed by atoms with Crippen molar-refractivity contribution in [3.05, 3.63) is 40.2 Å². The number of carbonyl (C=O) groups is 1. The number of sulfonamides is 1. The summed E-state index contributed by atoms with van der Waals surface area (Å²) in [6.45, 7) is 3.40. The molecule has 0 amide bonds. The molecule has 3 rings (SSSR count). The highest BCUT2D eigenvalue weighted by Crippen LogP contribution is 2.34. The van der Waals surface area contributed by atoms with Gasteiger partial charge in [-0.15, -0.1) is 0 Å². The van der Waals surface area contributed by atoms with Crippen LogP contribution in [0, 0.1) is 13.8 Å². The maximum atomic E-state index is 13.0. The molecule has 1 aliphatic rings. The van der Waals surface area contributed by atoms with E-state index in [0.29, 0.717) is 27.7 Å². The van der Waals surface area contributed by atoms with Crippen LogP contribution in [0.5, 0.6) is 0 Å². The van der Waals surface area contributed by atoms with Crippen molar-refractivity contribution in [1.29, 1.82) is 0 Å². The van der Waals surface area contributed by atoms with E-state index in [4.69, 9.17) is 11.6 Å². The van der Waals surface area contributed by atoms with Gasteiger partial charge in [0.1, 0.15) is 4.90 Å². The highest BCUT2D eigenvalue weighted by Gasteiger charge is 2.35. The number of hydrogen-bond acceptors (Lipinski definition) is 4. The molecule has 6 nitrogen and oxygen atoms in total. The number of fused-ring (bicyclic) bond motifs is 1. The van der Waals surface area contributed by atoms with Gasteiger partial charge in [0.15, 0.2) is 5.78 Å². The van der Waals surface area contributed by atoms with E-state index < -0.39 is 10.0 Å².